The molecular formula is C11H23NO. The van der Waals surface area contributed by atoms with Crippen LogP contribution in [-0.4, -0.2) is 25.8 Å². The number of ether oxygens (including phenoxy) is 1. The highest BCUT2D eigenvalue weighted by atomic mass is 16.5. The third-order valence-electron chi connectivity index (χ3n) is 2.98. The van der Waals surface area contributed by atoms with E-state index in [1.807, 2.05) is 7.11 Å². The molecule has 78 valence electrons. The standard InChI is InChI=1S/C11H23NO/c1-9(2)11(13-3)8-10-6-4-5-7-12-10/h9-12H,4-8H2,1-3H3. The molecule has 2 unspecified atom stereocenters. The molecule has 2 atom stereocenters. The van der Waals surface area contributed by atoms with E-state index in [1.165, 1.54) is 32.2 Å². The van der Waals surface area contributed by atoms with Crippen LogP contribution in [0.5, 0.6) is 0 Å². The van der Waals surface area contributed by atoms with Gasteiger partial charge in [-0.3, -0.25) is 0 Å². The second-order valence-corrected chi connectivity index (χ2v) is 4.40. The molecule has 2 nitrogen and oxygen atoms in total. The molecule has 1 rings (SSSR count). The van der Waals surface area contributed by atoms with Gasteiger partial charge in [-0.15, -0.1) is 0 Å². The predicted molar refractivity (Wildman–Crippen MR) is 55.9 cm³/mol. The summed E-state index contributed by atoms with van der Waals surface area (Å²) in [6.07, 6.45) is 5.65. The van der Waals surface area contributed by atoms with Crippen molar-refractivity contribution in [3.8, 4) is 0 Å². The van der Waals surface area contributed by atoms with Gasteiger partial charge < -0.3 is 10.1 Å². The van der Waals surface area contributed by atoms with E-state index in [0.29, 0.717) is 18.1 Å². The summed E-state index contributed by atoms with van der Waals surface area (Å²) in [4.78, 5) is 0. The first-order chi connectivity index (χ1) is 6.24. The second-order valence-electron chi connectivity index (χ2n) is 4.40. The number of piperidine rings is 1. The van der Waals surface area contributed by atoms with Crippen molar-refractivity contribution >= 4 is 0 Å². The fourth-order valence-corrected chi connectivity index (χ4v) is 2.05. The normalized spacial score (nSPS) is 26.3. The molecule has 0 spiro atoms. The molecule has 0 aromatic heterocycles. The van der Waals surface area contributed by atoms with Crippen molar-refractivity contribution in [2.45, 2.75) is 51.7 Å². The van der Waals surface area contributed by atoms with Crippen molar-refractivity contribution < 1.29 is 4.74 Å². The van der Waals surface area contributed by atoms with Crippen LogP contribution in [0.15, 0.2) is 0 Å². The van der Waals surface area contributed by atoms with E-state index < -0.39 is 0 Å². The molecule has 13 heavy (non-hydrogen) atoms. The Bertz CT molecular complexity index is 130. The van der Waals surface area contributed by atoms with Gasteiger partial charge in [0.05, 0.1) is 6.10 Å². The number of rotatable bonds is 4. The Morgan fingerprint density at radius 1 is 1.38 bits per heavy atom. The van der Waals surface area contributed by atoms with Crippen molar-refractivity contribution in [1.29, 1.82) is 0 Å². The van der Waals surface area contributed by atoms with Crippen LogP contribution in [0.4, 0.5) is 0 Å². The minimum Gasteiger partial charge on any atom is -0.381 e. The summed E-state index contributed by atoms with van der Waals surface area (Å²) in [7, 11) is 1.83. The highest BCUT2D eigenvalue weighted by Gasteiger charge is 2.20. The number of hydrogen-bond donors (Lipinski definition) is 1. The van der Waals surface area contributed by atoms with Gasteiger partial charge in [-0.2, -0.15) is 0 Å². The monoisotopic (exact) mass is 185 g/mol. The molecule has 1 fully saturated rings. The Balaban J connectivity index is 2.27. The Morgan fingerprint density at radius 2 is 2.15 bits per heavy atom. The Morgan fingerprint density at radius 3 is 2.62 bits per heavy atom. The maximum Gasteiger partial charge on any atom is 0.0609 e. The number of nitrogens with one attached hydrogen (secondary N) is 1. The average molecular weight is 185 g/mol. The zero-order valence-electron chi connectivity index (χ0n) is 9.18. The van der Waals surface area contributed by atoms with Gasteiger partial charge in [-0.25, -0.2) is 0 Å². The quantitative estimate of drug-likeness (QED) is 0.725. The predicted octanol–water partition coefficient (Wildman–Crippen LogP) is 2.19. The highest BCUT2D eigenvalue weighted by molar-refractivity contribution is 4.77. The lowest BCUT2D eigenvalue weighted by Crippen LogP contribution is -2.38. The maximum absolute atomic E-state index is 5.47. The zero-order valence-corrected chi connectivity index (χ0v) is 9.18. The van der Waals surface area contributed by atoms with Gasteiger partial charge >= 0.3 is 0 Å². The van der Waals surface area contributed by atoms with E-state index >= 15 is 0 Å². The first-order valence-corrected chi connectivity index (χ1v) is 5.50. The lowest BCUT2D eigenvalue weighted by molar-refractivity contribution is 0.0469. The van der Waals surface area contributed by atoms with Crippen molar-refractivity contribution in [3.63, 3.8) is 0 Å². The van der Waals surface area contributed by atoms with Crippen molar-refractivity contribution in [1.82, 2.24) is 5.32 Å². The highest BCUT2D eigenvalue weighted by Crippen LogP contribution is 2.17. The van der Waals surface area contributed by atoms with Crippen LogP contribution in [0.1, 0.15) is 39.5 Å². The van der Waals surface area contributed by atoms with Gasteiger partial charge in [0.15, 0.2) is 0 Å². The van der Waals surface area contributed by atoms with Gasteiger partial charge in [-0.1, -0.05) is 20.3 Å². The van der Waals surface area contributed by atoms with E-state index in [2.05, 4.69) is 19.2 Å². The SMILES string of the molecule is COC(CC1CCCCN1)C(C)C. The first-order valence-electron chi connectivity index (χ1n) is 5.50. The molecule has 1 aliphatic heterocycles. The third kappa shape index (κ3) is 3.65. The van der Waals surface area contributed by atoms with Crippen LogP contribution in [0.25, 0.3) is 0 Å². The molecule has 1 saturated heterocycles. The Labute approximate surface area is 82.0 Å². The van der Waals surface area contributed by atoms with Gasteiger partial charge in [0.2, 0.25) is 0 Å². The number of hydrogen-bond acceptors (Lipinski definition) is 2. The Kier molecular flexibility index (Phi) is 4.74. The van der Waals surface area contributed by atoms with Gasteiger partial charge in [-0.05, 0) is 31.7 Å². The minimum atomic E-state index is 0.426. The van der Waals surface area contributed by atoms with Crippen LogP contribution in [0.2, 0.25) is 0 Å². The lowest BCUT2D eigenvalue weighted by Gasteiger charge is -2.28. The fourth-order valence-electron chi connectivity index (χ4n) is 2.05. The fraction of sp³-hybridized carbons (Fsp3) is 1.00. The molecule has 0 radical (unpaired) electrons. The van der Waals surface area contributed by atoms with Crippen LogP contribution < -0.4 is 5.32 Å². The third-order valence-corrected chi connectivity index (χ3v) is 2.98. The molecule has 0 aromatic rings. The average Bonchev–Trinajstić information content (AvgIpc) is 2.15. The van der Waals surface area contributed by atoms with Crippen molar-refractivity contribution in [2.24, 2.45) is 5.92 Å². The van der Waals surface area contributed by atoms with Crippen molar-refractivity contribution in [2.75, 3.05) is 13.7 Å². The smallest absolute Gasteiger partial charge is 0.0609 e. The molecule has 0 aliphatic carbocycles. The van der Waals surface area contributed by atoms with Crippen molar-refractivity contribution in [3.05, 3.63) is 0 Å². The molecular weight excluding hydrogens is 162 g/mol. The van der Waals surface area contributed by atoms with E-state index in [1.54, 1.807) is 0 Å². The molecule has 0 amide bonds. The van der Waals surface area contributed by atoms with Gasteiger partial charge in [0.1, 0.15) is 0 Å². The van der Waals surface area contributed by atoms with E-state index in [-0.39, 0.29) is 0 Å². The van der Waals surface area contributed by atoms with Crippen LogP contribution in [-0.2, 0) is 4.74 Å². The first kappa shape index (κ1) is 11.0. The van der Waals surface area contributed by atoms with E-state index in [4.69, 9.17) is 4.74 Å². The summed E-state index contributed by atoms with van der Waals surface area (Å²) in [5.74, 6) is 0.633. The van der Waals surface area contributed by atoms with Gasteiger partial charge in [0, 0.05) is 13.2 Å². The van der Waals surface area contributed by atoms with Crippen LogP contribution in [0, 0.1) is 5.92 Å². The molecule has 2 heteroatoms. The molecule has 1 N–H and O–H groups in total. The topological polar surface area (TPSA) is 21.3 Å². The van der Waals surface area contributed by atoms with E-state index in [9.17, 15) is 0 Å². The molecule has 0 saturated carbocycles. The molecule has 0 bridgehead atoms. The summed E-state index contributed by atoms with van der Waals surface area (Å²) < 4.78 is 5.47. The summed E-state index contributed by atoms with van der Waals surface area (Å²) in [6, 6.07) is 0.695. The largest absolute Gasteiger partial charge is 0.381 e. The van der Waals surface area contributed by atoms with Crippen LogP contribution >= 0.6 is 0 Å². The van der Waals surface area contributed by atoms with Crippen LogP contribution in [0.3, 0.4) is 0 Å². The minimum absolute atomic E-state index is 0.426. The second kappa shape index (κ2) is 5.61. The summed E-state index contributed by atoms with van der Waals surface area (Å²) in [6.45, 7) is 5.66. The molecule has 1 heterocycles. The Hall–Kier alpha value is -0.0800. The summed E-state index contributed by atoms with van der Waals surface area (Å²) >= 11 is 0. The maximum atomic E-state index is 5.47. The van der Waals surface area contributed by atoms with Gasteiger partial charge in [0.25, 0.3) is 0 Å². The molecule has 1 aliphatic rings. The lowest BCUT2D eigenvalue weighted by atomic mass is 9.94. The number of methoxy groups -OCH3 is 1. The summed E-state index contributed by atoms with van der Waals surface area (Å²) in [5, 5.41) is 3.56. The van der Waals surface area contributed by atoms with E-state index in [0.717, 1.165) is 0 Å². The molecule has 0 aromatic carbocycles. The zero-order chi connectivity index (χ0) is 9.68. The summed E-state index contributed by atoms with van der Waals surface area (Å²) in [5.41, 5.74) is 0.